The summed E-state index contributed by atoms with van der Waals surface area (Å²) < 4.78 is 4.75. The van der Waals surface area contributed by atoms with Crippen LogP contribution in [0.15, 0.2) is 0 Å². The number of aliphatic hydroxyl groups excluding tert-OH is 1. The maximum Gasteiger partial charge on any atom is 0.206 e. The molecule has 0 rings (SSSR count). The van der Waals surface area contributed by atoms with E-state index < -0.39 is 0 Å². The van der Waals surface area contributed by atoms with Gasteiger partial charge >= 0.3 is 0 Å². The first-order valence-electron chi connectivity index (χ1n) is 2.40. The second-order valence-electron chi connectivity index (χ2n) is 1.26. The summed E-state index contributed by atoms with van der Waals surface area (Å²) in [7, 11) is 0. The summed E-state index contributed by atoms with van der Waals surface area (Å²) in [6.07, 6.45) is 0.745. The molecule has 0 aromatic rings. The van der Waals surface area contributed by atoms with Crippen LogP contribution >= 0.6 is 0 Å². The zero-order chi connectivity index (χ0) is 6.28. The number of aliphatic hydroxyl groups is 1. The number of hydrogen-bond acceptors (Lipinski definition) is 1. The maximum atomic E-state index is 8.36. The molecule has 2 nitrogen and oxygen atoms in total. The third-order valence-electron chi connectivity index (χ3n) is 0.591. The van der Waals surface area contributed by atoms with E-state index in [9.17, 15) is 0 Å². The molecule has 0 aromatic heterocycles. The second kappa shape index (κ2) is 9.67. The van der Waals surface area contributed by atoms with E-state index in [4.69, 9.17) is 12.0 Å². The summed E-state index contributed by atoms with van der Waals surface area (Å²) in [6.45, 7) is 3.73. The van der Waals surface area contributed by atoms with E-state index in [1.54, 1.807) is 6.92 Å². The molecule has 0 amide bonds. The van der Waals surface area contributed by atoms with E-state index in [1.807, 2.05) is 6.92 Å². The minimum Gasteiger partial charge on any atom is -0.412 e. The maximum absolute atomic E-state index is 8.36. The Bertz CT molecular complexity index is 28.0. The van der Waals surface area contributed by atoms with Crippen LogP contribution in [0.1, 0.15) is 21.7 Å². The van der Waals surface area contributed by atoms with Gasteiger partial charge in [-0.3, -0.25) is 0 Å². The zero-order valence-corrected chi connectivity index (χ0v) is 5.74. The van der Waals surface area contributed by atoms with Crippen molar-refractivity contribution in [2.75, 3.05) is 0 Å². The van der Waals surface area contributed by atoms with E-state index in [-0.39, 0.29) is 23.2 Å². The first kappa shape index (κ1) is 10.4. The van der Waals surface area contributed by atoms with Gasteiger partial charge in [0.05, 0.1) is 6.10 Å². The molecule has 0 aromatic carbocycles. The molecule has 0 saturated heterocycles. The van der Waals surface area contributed by atoms with Crippen LogP contribution in [0.4, 0.5) is 0 Å². The van der Waals surface area contributed by atoms with Crippen molar-refractivity contribution in [1.82, 2.24) is 0 Å². The van der Waals surface area contributed by atoms with Gasteiger partial charge in [-0.05, 0) is 13.3 Å². The Morgan fingerprint density at radius 1 is 1.86 bits per heavy atom. The molecule has 7 heavy (non-hydrogen) atoms. The first-order chi connectivity index (χ1) is 3.27. The molecule has 3 heteroatoms. The molecule has 0 aliphatic rings. The van der Waals surface area contributed by atoms with Gasteiger partial charge in [0.1, 0.15) is 0 Å². The molecule has 1 radical (unpaired) electrons. The number of hydrogen-bond donors (Lipinski definition) is 1. The van der Waals surface area contributed by atoms with Gasteiger partial charge in [-0.25, -0.2) is 0 Å². The molecule has 0 aliphatic heterocycles. The summed E-state index contributed by atoms with van der Waals surface area (Å²) in [5.74, 6) is 0. The Labute approximate surface area is 56.2 Å². The van der Waals surface area contributed by atoms with Crippen molar-refractivity contribution in [2.24, 2.45) is 0 Å². The van der Waals surface area contributed by atoms with E-state index in [0.717, 1.165) is 6.42 Å². The summed E-state index contributed by atoms with van der Waals surface area (Å²) in [6, 6.07) is 0. The Morgan fingerprint density at radius 3 is 2.00 bits per heavy atom. The molecule has 0 heterocycles. The topological polar surface area (TPSA) is 51.7 Å². The Kier molecular flexibility index (Phi) is 14.4. The third kappa shape index (κ3) is 21.3. The second-order valence-corrected chi connectivity index (χ2v) is 1.26. The zero-order valence-electron chi connectivity index (χ0n) is 5.56. The van der Waals surface area contributed by atoms with E-state index in [1.165, 1.54) is 0 Å². The standard InChI is InChI=1S/C4H10O.Mn.H2O/c1-3-4(2)5;;/h4-5H,3H2,1-2H3;;1H2/i/hT. The normalized spacial score (nSPS) is 11.7. The van der Waals surface area contributed by atoms with Crippen LogP contribution in [0.3, 0.4) is 0 Å². The fourth-order valence-electron chi connectivity index (χ4n) is 0. The predicted molar refractivity (Wildman–Crippen MR) is 25.6 cm³/mol. The first-order valence-corrected chi connectivity index (χ1v) is 1.95. The van der Waals surface area contributed by atoms with Crippen LogP contribution in [-0.4, -0.2) is 16.7 Å². The minimum atomic E-state index is -0.116. The van der Waals surface area contributed by atoms with Crippen LogP contribution in [0, 0.1) is 0 Å². The molecular weight excluding hydrogens is 135 g/mol. The van der Waals surface area contributed by atoms with Gasteiger partial charge in [-0.15, -0.1) is 0 Å². The van der Waals surface area contributed by atoms with E-state index >= 15 is 0 Å². The van der Waals surface area contributed by atoms with Crippen molar-refractivity contribution in [3.8, 4) is 0 Å². The SMILES string of the molecule is CCC(C)O.[3H]O.[Mn]. The molecule has 1 atom stereocenters. The van der Waals surface area contributed by atoms with Gasteiger partial charge in [0.15, 0.2) is 0 Å². The van der Waals surface area contributed by atoms with E-state index in [2.05, 4.69) is 0 Å². The monoisotopic (exact) mass is 149 g/mol. The molecule has 3 N–H and O–H groups in total. The minimum absolute atomic E-state index is 0. The van der Waals surface area contributed by atoms with Gasteiger partial charge in [-0.1, -0.05) is 6.92 Å². The smallest absolute Gasteiger partial charge is 0.206 e. The van der Waals surface area contributed by atoms with Crippen molar-refractivity contribution in [3.63, 3.8) is 0 Å². The van der Waals surface area contributed by atoms with Crippen LogP contribution in [-0.2, 0) is 17.1 Å². The molecular formula is C4H12MnO2. The van der Waals surface area contributed by atoms with Crippen molar-refractivity contribution in [3.05, 3.63) is 0 Å². The van der Waals surface area contributed by atoms with Gasteiger partial charge in [0.25, 0.3) is 0 Å². The van der Waals surface area contributed by atoms with Crippen LogP contribution in [0.25, 0.3) is 0 Å². The molecule has 0 saturated carbocycles. The Balaban J connectivity index is -0.0000000750. The largest absolute Gasteiger partial charge is 0.412 e. The van der Waals surface area contributed by atoms with Gasteiger partial charge in [0, 0.05) is 17.1 Å². The van der Waals surface area contributed by atoms with Crippen molar-refractivity contribution in [2.45, 2.75) is 26.4 Å². The van der Waals surface area contributed by atoms with Crippen molar-refractivity contribution < 1.29 is 29.1 Å². The number of rotatable bonds is 1. The molecule has 0 aliphatic carbocycles. The van der Waals surface area contributed by atoms with Gasteiger partial charge < -0.3 is 10.6 Å². The van der Waals surface area contributed by atoms with Crippen molar-refractivity contribution in [1.29, 1.82) is 0 Å². The summed E-state index contributed by atoms with van der Waals surface area (Å²) in [4.78, 5) is 0. The molecule has 1 unspecified atom stereocenters. The van der Waals surface area contributed by atoms with Crippen LogP contribution < -0.4 is 0 Å². The fraction of sp³-hybridized carbons (Fsp3) is 1.00. The summed E-state index contributed by atoms with van der Waals surface area (Å²) >= 11 is 0. The average molecular weight is 149 g/mol. The fourth-order valence-corrected chi connectivity index (χ4v) is 0. The quantitative estimate of drug-likeness (QED) is 0.522. The predicted octanol–water partition coefficient (Wildman–Crippen LogP) is -0.0500. The third-order valence-corrected chi connectivity index (χ3v) is 0.591. The molecule has 0 fully saturated rings. The molecule has 0 bridgehead atoms. The Hall–Kier alpha value is 0.439. The molecule has 47 valence electrons. The average Bonchev–Trinajstić information content (AvgIpc) is 1.73. The Morgan fingerprint density at radius 2 is 2.00 bits per heavy atom. The molecule has 0 spiro atoms. The van der Waals surface area contributed by atoms with Crippen LogP contribution in [0.5, 0.6) is 0 Å². The summed E-state index contributed by atoms with van der Waals surface area (Å²) in [5.41, 5.74) is 6.25. The van der Waals surface area contributed by atoms with E-state index in [0.29, 0.717) is 0 Å². The van der Waals surface area contributed by atoms with Crippen LogP contribution in [0.2, 0.25) is 0 Å². The van der Waals surface area contributed by atoms with Gasteiger partial charge in [-0.2, -0.15) is 0 Å². The van der Waals surface area contributed by atoms with Crippen molar-refractivity contribution >= 4 is 0 Å². The van der Waals surface area contributed by atoms with Gasteiger partial charge in [0.2, 0.25) is 1.43 Å². The summed E-state index contributed by atoms with van der Waals surface area (Å²) in [5, 5.41) is 8.36.